The highest BCUT2D eigenvalue weighted by Gasteiger charge is 2.53. The maximum absolute atomic E-state index is 13.6. The molecule has 234 valence electrons. The topological polar surface area (TPSA) is 91.0 Å². The molecule has 1 saturated carbocycles. The average molecular weight is 583 g/mol. The minimum absolute atomic E-state index is 0.00500. The van der Waals surface area contributed by atoms with Crippen LogP contribution in [0.25, 0.3) is 0 Å². The van der Waals surface area contributed by atoms with Crippen LogP contribution in [-0.2, 0) is 20.7 Å². The second-order valence-electron chi connectivity index (χ2n) is 13.3. The van der Waals surface area contributed by atoms with E-state index >= 15 is 0 Å². The normalized spacial score (nSPS) is 26.4. The SMILES string of the molecule is CCCN1C(=O)[C@H](CCCCNC(=O)OC2(C)CCCCC2C(C)C)NC(=O)C12CCN(CCc1ccccc1)CC2. The van der Waals surface area contributed by atoms with Gasteiger partial charge in [-0.2, -0.15) is 0 Å². The Labute approximate surface area is 253 Å². The molecule has 2 aliphatic heterocycles. The molecule has 8 heteroatoms. The Morgan fingerprint density at radius 3 is 2.50 bits per heavy atom. The zero-order valence-electron chi connectivity index (χ0n) is 26.5. The maximum Gasteiger partial charge on any atom is 0.407 e. The third-order valence-electron chi connectivity index (χ3n) is 10.0. The van der Waals surface area contributed by atoms with Crippen molar-refractivity contribution in [1.82, 2.24) is 20.4 Å². The molecule has 1 aromatic rings. The quantitative estimate of drug-likeness (QED) is 0.327. The van der Waals surface area contributed by atoms with E-state index in [0.717, 1.165) is 64.6 Å². The van der Waals surface area contributed by atoms with Gasteiger partial charge in [0.1, 0.15) is 17.2 Å². The zero-order valence-corrected chi connectivity index (χ0v) is 26.5. The second-order valence-corrected chi connectivity index (χ2v) is 13.3. The summed E-state index contributed by atoms with van der Waals surface area (Å²) in [6.07, 6.45) is 9.17. The number of carbonyl (C=O) groups is 3. The Morgan fingerprint density at radius 2 is 1.81 bits per heavy atom. The van der Waals surface area contributed by atoms with Crippen molar-refractivity contribution in [3.8, 4) is 0 Å². The summed E-state index contributed by atoms with van der Waals surface area (Å²) in [6, 6.07) is 10.00. The summed E-state index contributed by atoms with van der Waals surface area (Å²) in [5.74, 6) is 0.913. The van der Waals surface area contributed by atoms with Crippen molar-refractivity contribution >= 4 is 17.9 Å². The van der Waals surface area contributed by atoms with Gasteiger partial charge in [-0.3, -0.25) is 9.59 Å². The number of benzene rings is 1. The smallest absolute Gasteiger partial charge is 0.407 e. The summed E-state index contributed by atoms with van der Waals surface area (Å²) in [4.78, 5) is 44.2. The molecule has 3 atom stereocenters. The molecule has 1 aliphatic carbocycles. The van der Waals surface area contributed by atoms with E-state index in [1.165, 1.54) is 12.0 Å². The van der Waals surface area contributed by atoms with Crippen LogP contribution in [0, 0.1) is 11.8 Å². The molecule has 2 N–H and O–H groups in total. The Balaban J connectivity index is 1.22. The molecule has 4 rings (SSSR count). The zero-order chi connectivity index (χ0) is 30.2. The van der Waals surface area contributed by atoms with Crippen molar-refractivity contribution in [2.75, 3.05) is 32.7 Å². The fraction of sp³-hybridized carbons (Fsp3) is 0.735. The van der Waals surface area contributed by atoms with Crippen LogP contribution in [0.3, 0.4) is 0 Å². The van der Waals surface area contributed by atoms with Gasteiger partial charge in [0.25, 0.3) is 0 Å². The van der Waals surface area contributed by atoms with Crippen LogP contribution in [0.5, 0.6) is 0 Å². The molecule has 3 amide bonds. The average Bonchev–Trinajstić information content (AvgIpc) is 2.97. The third-order valence-corrected chi connectivity index (χ3v) is 10.0. The van der Waals surface area contributed by atoms with Gasteiger partial charge in [-0.15, -0.1) is 0 Å². The number of ether oxygens (including phenoxy) is 1. The van der Waals surface area contributed by atoms with Gasteiger partial charge < -0.3 is 25.2 Å². The first-order valence-electron chi connectivity index (χ1n) is 16.5. The van der Waals surface area contributed by atoms with Crippen molar-refractivity contribution in [1.29, 1.82) is 0 Å². The summed E-state index contributed by atoms with van der Waals surface area (Å²) < 4.78 is 5.96. The Morgan fingerprint density at radius 1 is 1.07 bits per heavy atom. The van der Waals surface area contributed by atoms with Crippen LogP contribution in [-0.4, -0.2) is 77.6 Å². The minimum atomic E-state index is -0.735. The molecule has 0 bridgehead atoms. The van der Waals surface area contributed by atoms with Crippen LogP contribution in [0.15, 0.2) is 30.3 Å². The lowest BCUT2D eigenvalue weighted by Crippen LogP contribution is -2.72. The predicted octanol–water partition coefficient (Wildman–Crippen LogP) is 5.30. The van der Waals surface area contributed by atoms with Gasteiger partial charge >= 0.3 is 6.09 Å². The van der Waals surface area contributed by atoms with Crippen LogP contribution in [0.1, 0.15) is 97.5 Å². The summed E-state index contributed by atoms with van der Waals surface area (Å²) in [5.41, 5.74) is 0.178. The molecule has 0 radical (unpaired) electrons. The standard InChI is InChI=1S/C34H54N4O4/c1-5-22-38-30(39)29(16-10-12-21-35-32(41)42-33(4)18-11-9-15-28(33)26(2)3)36-31(40)34(38)19-24-37(25-20-34)23-17-27-13-7-6-8-14-27/h6-8,13-14,26,28-29H,5,9-12,15-25H2,1-4H3,(H,35,41)(H,36,40)/t28?,29-,33?/m0/s1. The maximum atomic E-state index is 13.6. The van der Waals surface area contributed by atoms with E-state index in [0.29, 0.717) is 44.2 Å². The molecule has 2 heterocycles. The number of alkyl carbamates (subject to hydrolysis) is 1. The highest BCUT2D eigenvalue weighted by molar-refractivity contribution is 6.00. The number of nitrogens with zero attached hydrogens (tertiary/aromatic N) is 2. The number of hydrogen-bond acceptors (Lipinski definition) is 5. The number of piperidine rings is 1. The molecular formula is C34H54N4O4. The van der Waals surface area contributed by atoms with E-state index in [1.54, 1.807) is 0 Å². The largest absolute Gasteiger partial charge is 0.443 e. The molecule has 0 aromatic heterocycles. The number of carbonyl (C=O) groups excluding carboxylic acids is 3. The lowest BCUT2D eigenvalue weighted by Gasteiger charge is -2.51. The van der Waals surface area contributed by atoms with E-state index in [9.17, 15) is 14.4 Å². The molecule has 1 aromatic carbocycles. The van der Waals surface area contributed by atoms with Crippen LogP contribution >= 0.6 is 0 Å². The molecule has 3 aliphatic rings. The number of unbranched alkanes of at least 4 members (excludes halogenated alkanes) is 1. The third kappa shape index (κ3) is 7.66. The molecule has 3 fully saturated rings. The number of likely N-dealkylation sites (tertiary alicyclic amines) is 1. The summed E-state index contributed by atoms with van der Waals surface area (Å²) in [6.45, 7) is 12.3. The number of hydrogen-bond donors (Lipinski definition) is 2. The van der Waals surface area contributed by atoms with Gasteiger partial charge in [-0.1, -0.05) is 57.5 Å². The van der Waals surface area contributed by atoms with Gasteiger partial charge in [-0.05, 0) is 82.6 Å². The highest BCUT2D eigenvalue weighted by Crippen LogP contribution is 2.41. The minimum Gasteiger partial charge on any atom is -0.443 e. The predicted molar refractivity (Wildman–Crippen MR) is 166 cm³/mol. The fourth-order valence-electron chi connectivity index (χ4n) is 7.60. The van der Waals surface area contributed by atoms with Crippen LogP contribution < -0.4 is 10.6 Å². The monoisotopic (exact) mass is 582 g/mol. The van der Waals surface area contributed by atoms with Crippen molar-refractivity contribution in [3.05, 3.63) is 35.9 Å². The number of rotatable bonds is 12. The van der Waals surface area contributed by atoms with Gasteiger partial charge in [0.15, 0.2) is 0 Å². The van der Waals surface area contributed by atoms with E-state index < -0.39 is 17.2 Å². The highest BCUT2D eigenvalue weighted by atomic mass is 16.6. The van der Waals surface area contributed by atoms with Gasteiger partial charge in [0.2, 0.25) is 11.8 Å². The van der Waals surface area contributed by atoms with E-state index in [-0.39, 0.29) is 17.9 Å². The van der Waals surface area contributed by atoms with Crippen molar-refractivity contribution in [3.63, 3.8) is 0 Å². The fourth-order valence-corrected chi connectivity index (χ4v) is 7.60. The Bertz CT molecular complexity index is 1040. The molecule has 2 unspecified atom stereocenters. The first-order valence-corrected chi connectivity index (χ1v) is 16.5. The van der Waals surface area contributed by atoms with Crippen LogP contribution in [0.2, 0.25) is 0 Å². The van der Waals surface area contributed by atoms with Gasteiger partial charge in [0, 0.05) is 38.6 Å². The molecule has 2 saturated heterocycles. The summed E-state index contributed by atoms with van der Waals surface area (Å²) in [5, 5.41) is 6.03. The molecule has 42 heavy (non-hydrogen) atoms. The number of amides is 3. The molecule has 8 nitrogen and oxygen atoms in total. The first kappa shape index (κ1) is 32.3. The summed E-state index contributed by atoms with van der Waals surface area (Å²) >= 11 is 0. The molecule has 1 spiro atoms. The second kappa shape index (κ2) is 14.7. The van der Waals surface area contributed by atoms with E-state index in [1.807, 2.05) is 11.0 Å². The lowest BCUT2D eigenvalue weighted by atomic mass is 9.71. The van der Waals surface area contributed by atoms with Crippen molar-refractivity contribution < 1.29 is 19.1 Å². The number of piperazine rings is 1. The Hall–Kier alpha value is -2.61. The first-order chi connectivity index (χ1) is 20.2. The van der Waals surface area contributed by atoms with Crippen molar-refractivity contribution in [2.24, 2.45) is 11.8 Å². The van der Waals surface area contributed by atoms with Gasteiger partial charge in [-0.25, -0.2) is 4.79 Å². The lowest BCUT2D eigenvalue weighted by molar-refractivity contribution is -0.161. The molecular weight excluding hydrogens is 528 g/mol. The van der Waals surface area contributed by atoms with Gasteiger partial charge in [0.05, 0.1) is 0 Å². The Kier molecular flexibility index (Phi) is 11.3. The number of nitrogens with one attached hydrogen (secondary N) is 2. The van der Waals surface area contributed by atoms with Crippen LogP contribution in [0.4, 0.5) is 4.79 Å². The summed E-state index contributed by atoms with van der Waals surface area (Å²) in [7, 11) is 0. The van der Waals surface area contributed by atoms with E-state index in [2.05, 4.69) is 67.5 Å². The van der Waals surface area contributed by atoms with Crippen molar-refractivity contribution in [2.45, 2.75) is 116 Å². The van der Waals surface area contributed by atoms with E-state index in [4.69, 9.17) is 4.74 Å².